The Balaban J connectivity index is 1.84. The standard InChI is InChI=1S/C22H30N6/c1-5-22(3,4)28-21(24-25-26-28)20(27-13-7-8-16(2)15-27)18-10-11-19-17(14-18)9-6-12-23-19/h6,9-12,14,16,20H,5,7-8,13,15H2,1-4H3/p+1/t16-,20+/m0/s1. The zero-order valence-electron chi connectivity index (χ0n) is 17.4. The summed E-state index contributed by atoms with van der Waals surface area (Å²) in [7, 11) is 0. The summed E-state index contributed by atoms with van der Waals surface area (Å²) in [6.07, 6.45) is 5.39. The Morgan fingerprint density at radius 2 is 2.14 bits per heavy atom. The molecule has 0 radical (unpaired) electrons. The molecule has 1 aliphatic rings. The van der Waals surface area contributed by atoms with Gasteiger partial charge in [0.25, 0.3) is 0 Å². The van der Waals surface area contributed by atoms with Crippen molar-refractivity contribution in [2.24, 2.45) is 5.92 Å². The Morgan fingerprint density at radius 3 is 2.93 bits per heavy atom. The molecule has 3 heterocycles. The van der Waals surface area contributed by atoms with Crippen LogP contribution >= 0.6 is 0 Å². The Morgan fingerprint density at radius 1 is 1.29 bits per heavy atom. The molecule has 6 nitrogen and oxygen atoms in total. The highest BCUT2D eigenvalue weighted by atomic mass is 15.6. The van der Waals surface area contributed by atoms with Gasteiger partial charge >= 0.3 is 0 Å². The summed E-state index contributed by atoms with van der Waals surface area (Å²) in [5.74, 6) is 1.69. The molecule has 0 saturated carbocycles. The Hall–Kier alpha value is -2.34. The second-order valence-corrected chi connectivity index (χ2v) is 8.86. The molecule has 2 aromatic heterocycles. The minimum absolute atomic E-state index is 0.115. The summed E-state index contributed by atoms with van der Waals surface area (Å²) < 4.78 is 2.05. The van der Waals surface area contributed by atoms with E-state index in [2.05, 4.69) is 77.2 Å². The lowest BCUT2D eigenvalue weighted by molar-refractivity contribution is -0.934. The largest absolute Gasteiger partial charge is 0.322 e. The van der Waals surface area contributed by atoms with Gasteiger partial charge in [0.2, 0.25) is 5.82 Å². The number of hydrogen-bond donors (Lipinski definition) is 1. The molecule has 148 valence electrons. The fourth-order valence-corrected chi connectivity index (χ4v) is 4.39. The molecule has 1 unspecified atom stereocenters. The van der Waals surface area contributed by atoms with Crippen molar-refractivity contribution in [3.63, 3.8) is 0 Å². The van der Waals surface area contributed by atoms with Crippen molar-refractivity contribution in [3.05, 3.63) is 47.9 Å². The van der Waals surface area contributed by atoms with E-state index in [0.29, 0.717) is 0 Å². The van der Waals surface area contributed by atoms with Crippen LogP contribution in [-0.2, 0) is 5.54 Å². The smallest absolute Gasteiger partial charge is 0.214 e. The average Bonchev–Trinajstić information content (AvgIpc) is 3.18. The van der Waals surface area contributed by atoms with Crippen molar-refractivity contribution in [1.82, 2.24) is 25.2 Å². The summed E-state index contributed by atoms with van der Waals surface area (Å²) in [6, 6.07) is 10.9. The number of likely N-dealkylation sites (tertiary alicyclic amines) is 1. The van der Waals surface area contributed by atoms with E-state index in [0.717, 1.165) is 36.8 Å². The summed E-state index contributed by atoms with van der Waals surface area (Å²) in [6.45, 7) is 11.3. The Labute approximate surface area is 167 Å². The number of fused-ring (bicyclic) bond motifs is 1. The predicted molar refractivity (Wildman–Crippen MR) is 110 cm³/mol. The van der Waals surface area contributed by atoms with Gasteiger partial charge in [0.15, 0.2) is 6.04 Å². The van der Waals surface area contributed by atoms with E-state index in [4.69, 9.17) is 0 Å². The third-order valence-corrected chi connectivity index (χ3v) is 6.36. The van der Waals surface area contributed by atoms with Crippen LogP contribution in [0.25, 0.3) is 10.9 Å². The van der Waals surface area contributed by atoms with Crippen LogP contribution in [0.3, 0.4) is 0 Å². The lowest BCUT2D eigenvalue weighted by Crippen LogP contribution is -3.14. The van der Waals surface area contributed by atoms with Crippen LogP contribution < -0.4 is 4.90 Å². The highest BCUT2D eigenvalue weighted by Gasteiger charge is 2.37. The number of aromatic nitrogens is 5. The van der Waals surface area contributed by atoms with Crippen LogP contribution in [0.4, 0.5) is 0 Å². The first kappa shape index (κ1) is 19.0. The van der Waals surface area contributed by atoms with Gasteiger partial charge in [-0.3, -0.25) is 4.98 Å². The molecule has 6 heteroatoms. The molecule has 1 saturated heterocycles. The van der Waals surface area contributed by atoms with Crippen LogP contribution in [0.15, 0.2) is 36.5 Å². The zero-order valence-corrected chi connectivity index (χ0v) is 17.4. The van der Waals surface area contributed by atoms with E-state index in [1.54, 1.807) is 4.90 Å². The third-order valence-electron chi connectivity index (χ3n) is 6.36. The van der Waals surface area contributed by atoms with Crippen LogP contribution in [0.1, 0.15) is 64.4 Å². The number of pyridine rings is 1. The highest BCUT2D eigenvalue weighted by molar-refractivity contribution is 5.79. The highest BCUT2D eigenvalue weighted by Crippen LogP contribution is 2.27. The number of quaternary nitrogens is 1. The molecule has 1 aromatic carbocycles. The number of nitrogens with zero attached hydrogens (tertiary/aromatic N) is 5. The van der Waals surface area contributed by atoms with Crippen molar-refractivity contribution < 1.29 is 4.90 Å². The molecule has 0 spiro atoms. The lowest BCUT2D eigenvalue weighted by atomic mass is 9.94. The zero-order chi connectivity index (χ0) is 19.7. The predicted octanol–water partition coefficient (Wildman–Crippen LogP) is 2.77. The van der Waals surface area contributed by atoms with Gasteiger partial charge in [-0.15, -0.1) is 5.10 Å². The lowest BCUT2D eigenvalue weighted by Gasteiger charge is -2.35. The monoisotopic (exact) mass is 379 g/mol. The molecule has 0 aliphatic carbocycles. The molecule has 28 heavy (non-hydrogen) atoms. The van der Waals surface area contributed by atoms with E-state index in [1.807, 2.05) is 12.3 Å². The minimum atomic E-state index is -0.115. The number of hydrogen-bond acceptors (Lipinski definition) is 4. The summed E-state index contributed by atoms with van der Waals surface area (Å²) in [5.41, 5.74) is 2.18. The van der Waals surface area contributed by atoms with E-state index in [-0.39, 0.29) is 11.6 Å². The molecule has 3 atom stereocenters. The minimum Gasteiger partial charge on any atom is -0.322 e. The Kier molecular flexibility index (Phi) is 5.15. The fourth-order valence-electron chi connectivity index (χ4n) is 4.39. The molecule has 3 aromatic rings. The molecule has 1 N–H and O–H groups in total. The van der Waals surface area contributed by atoms with Crippen molar-refractivity contribution in [2.75, 3.05) is 13.1 Å². The van der Waals surface area contributed by atoms with E-state index >= 15 is 0 Å². The third kappa shape index (κ3) is 3.53. The SMILES string of the molecule is CCC(C)(C)n1nnnc1[C@@H](c1ccc2ncccc2c1)[NH+]1CCC[C@H](C)C1. The van der Waals surface area contributed by atoms with Gasteiger partial charge in [-0.25, -0.2) is 4.68 Å². The molecular weight excluding hydrogens is 348 g/mol. The molecular formula is C22H31N6+. The molecule has 1 fully saturated rings. The van der Waals surface area contributed by atoms with E-state index in [9.17, 15) is 0 Å². The van der Waals surface area contributed by atoms with Gasteiger partial charge in [0, 0.05) is 23.1 Å². The van der Waals surface area contributed by atoms with Gasteiger partial charge in [-0.1, -0.05) is 26.0 Å². The number of tetrazole rings is 1. The van der Waals surface area contributed by atoms with Crippen molar-refractivity contribution in [3.8, 4) is 0 Å². The van der Waals surface area contributed by atoms with Gasteiger partial charge in [0.1, 0.15) is 0 Å². The van der Waals surface area contributed by atoms with Crippen molar-refractivity contribution in [2.45, 2.75) is 58.5 Å². The van der Waals surface area contributed by atoms with Gasteiger partial charge in [-0.05, 0) is 61.7 Å². The number of piperidine rings is 1. The van der Waals surface area contributed by atoms with Gasteiger partial charge < -0.3 is 4.90 Å². The van der Waals surface area contributed by atoms with Crippen molar-refractivity contribution >= 4 is 10.9 Å². The van der Waals surface area contributed by atoms with Gasteiger partial charge in [0.05, 0.1) is 24.1 Å². The normalized spacial score (nSPS) is 21.7. The first-order chi connectivity index (χ1) is 13.5. The number of nitrogens with one attached hydrogen (secondary N) is 1. The maximum Gasteiger partial charge on any atom is 0.214 e. The number of benzene rings is 1. The summed E-state index contributed by atoms with van der Waals surface area (Å²) >= 11 is 0. The first-order valence-corrected chi connectivity index (χ1v) is 10.5. The summed E-state index contributed by atoms with van der Waals surface area (Å²) in [4.78, 5) is 6.05. The molecule has 1 aliphatic heterocycles. The van der Waals surface area contributed by atoms with Gasteiger partial charge in [-0.2, -0.15) is 0 Å². The summed E-state index contributed by atoms with van der Waals surface area (Å²) in [5, 5.41) is 14.2. The van der Waals surface area contributed by atoms with E-state index in [1.165, 1.54) is 23.8 Å². The van der Waals surface area contributed by atoms with Crippen LogP contribution in [-0.4, -0.2) is 38.3 Å². The maximum atomic E-state index is 4.55. The second-order valence-electron chi connectivity index (χ2n) is 8.86. The quantitative estimate of drug-likeness (QED) is 0.740. The number of rotatable bonds is 5. The average molecular weight is 380 g/mol. The van der Waals surface area contributed by atoms with Crippen molar-refractivity contribution in [1.29, 1.82) is 0 Å². The second kappa shape index (κ2) is 7.59. The molecule has 4 rings (SSSR count). The fraction of sp³-hybridized carbons (Fsp3) is 0.545. The molecule has 0 bridgehead atoms. The molecule has 0 amide bonds. The van der Waals surface area contributed by atoms with Crippen LogP contribution in [0.2, 0.25) is 0 Å². The Bertz CT molecular complexity index is 947. The maximum absolute atomic E-state index is 4.55. The van der Waals surface area contributed by atoms with Crippen LogP contribution in [0, 0.1) is 5.92 Å². The van der Waals surface area contributed by atoms with E-state index < -0.39 is 0 Å². The van der Waals surface area contributed by atoms with Crippen LogP contribution in [0.5, 0.6) is 0 Å². The topological polar surface area (TPSA) is 60.9 Å². The first-order valence-electron chi connectivity index (χ1n) is 10.5.